The normalized spacial score (nSPS) is 10.9. The van der Waals surface area contributed by atoms with Gasteiger partial charge in [0, 0.05) is 34.8 Å². The first-order valence-electron chi connectivity index (χ1n) is 8.53. The Balaban J connectivity index is 1.92. The third kappa shape index (κ3) is 3.87. The van der Waals surface area contributed by atoms with Crippen molar-refractivity contribution in [2.45, 2.75) is 26.4 Å². The maximum absolute atomic E-state index is 12.9. The number of fused-ring (bicyclic) bond motifs is 1. The molecular weight excluding hydrogens is 346 g/mol. The standard InChI is InChI=1S/C20H19N3O4/c1-13(2)22(20(25)14-7-9-17(10-8-14)23(26)27)12-16-11-15-5-3-4-6-18(15)21-19(16)24/h3-11,13H,12H2,1-2H3,(H,21,24). The molecule has 3 rings (SSSR count). The Hall–Kier alpha value is -3.48. The molecule has 0 fully saturated rings. The maximum Gasteiger partial charge on any atom is 0.269 e. The van der Waals surface area contributed by atoms with E-state index in [0.29, 0.717) is 11.1 Å². The molecule has 1 heterocycles. The van der Waals surface area contributed by atoms with Crippen LogP contribution < -0.4 is 5.56 Å². The van der Waals surface area contributed by atoms with Crippen molar-refractivity contribution < 1.29 is 9.72 Å². The molecule has 0 bridgehead atoms. The molecular formula is C20H19N3O4. The molecule has 0 aliphatic rings. The molecule has 27 heavy (non-hydrogen) atoms. The Kier molecular flexibility index (Phi) is 5.03. The first kappa shape index (κ1) is 18.3. The Labute approximate surface area is 155 Å². The van der Waals surface area contributed by atoms with Crippen LogP contribution >= 0.6 is 0 Å². The number of nitrogens with one attached hydrogen (secondary N) is 1. The molecule has 0 saturated carbocycles. The van der Waals surface area contributed by atoms with E-state index in [1.54, 1.807) is 11.0 Å². The van der Waals surface area contributed by atoms with Crippen LogP contribution in [0.15, 0.2) is 59.4 Å². The summed E-state index contributed by atoms with van der Waals surface area (Å²) in [4.78, 5) is 40.0. The summed E-state index contributed by atoms with van der Waals surface area (Å²) in [6, 6.07) is 14.5. The number of para-hydroxylation sites is 1. The van der Waals surface area contributed by atoms with E-state index in [1.165, 1.54) is 24.3 Å². The summed E-state index contributed by atoms with van der Waals surface area (Å²) in [7, 11) is 0. The van der Waals surface area contributed by atoms with Crippen molar-refractivity contribution in [3.8, 4) is 0 Å². The van der Waals surface area contributed by atoms with Crippen LogP contribution in [0.2, 0.25) is 0 Å². The lowest BCUT2D eigenvalue weighted by Gasteiger charge is -2.26. The number of nitrogens with zero attached hydrogens (tertiary/aromatic N) is 2. The predicted octanol–water partition coefficient (Wildman–Crippen LogP) is 3.49. The van der Waals surface area contributed by atoms with E-state index >= 15 is 0 Å². The number of carbonyl (C=O) groups excluding carboxylic acids is 1. The van der Waals surface area contributed by atoms with Crippen LogP contribution in [0.1, 0.15) is 29.8 Å². The lowest BCUT2D eigenvalue weighted by molar-refractivity contribution is -0.384. The van der Waals surface area contributed by atoms with Gasteiger partial charge in [-0.15, -0.1) is 0 Å². The number of rotatable bonds is 5. The quantitative estimate of drug-likeness (QED) is 0.553. The van der Waals surface area contributed by atoms with Crippen molar-refractivity contribution in [3.63, 3.8) is 0 Å². The summed E-state index contributed by atoms with van der Waals surface area (Å²) in [6.45, 7) is 3.87. The molecule has 1 amide bonds. The number of nitro benzene ring substituents is 1. The van der Waals surface area contributed by atoms with Crippen molar-refractivity contribution in [3.05, 3.63) is 86.2 Å². The van der Waals surface area contributed by atoms with Crippen LogP contribution in [-0.4, -0.2) is 26.8 Å². The van der Waals surface area contributed by atoms with Crippen molar-refractivity contribution in [1.29, 1.82) is 0 Å². The zero-order valence-electron chi connectivity index (χ0n) is 15.0. The average Bonchev–Trinajstić information content (AvgIpc) is 2.65. The lowest BCUT2D eigenvalue weighted by atomic mass is 10.1. The van der Waals surface area contributed by atoms with E-state index in [2.05, 4.69) is 4.98 Å². The number of carbonyl (C=O) groups is 1. The molecule has 3 aromatic rings. The van der Waals surface area contributed by atoms with Gasteiger partial charge in [-0.25, -0.2) is 0 Å². The SMILES string of the molecule is CC(C)N(Cc1cc2ccccc2[nH]c1=O)C(=O)c1ccc([N+](=O)[O-])cc1. The number of aromatic nitrogens is 1. The van der Waals surface area contributed by atoms with E-state index in [-0.39, 0.29) is 29.7 Å². The minimum absolute atomic E-state index is 0.0754. The Morgan fingerprint density at radius 2 is 1.81 bits per heavy atom. The molecule has 1 aromatic heterocycles. The van der Waals surface area contributed by atoms with Crippen molar-refractivity contribution in [1.82, 2.24) is 9.88 Å². The molecule has 138 valence electrons. The van der Waals surface area contributed by atoms with E-state index in [0.717, 1.165) is 10.9 Å². The summed E-state index contributed by atoms with van der Waals surface area (Å²) in [5.41, 5.74) is 1.25. The molecule has 0 unspecified atom stereocenters. The monoisotopic (exact) mass is 365 g/mol. The van der Waals surface area contributed by atoms with Crippen molar-refractivity contribution in [2.24, 2.45) is 0 Å². The van der Waals surface area contributed by atoms with Crippen LogP contribution in [0.5, 0.6) is 0 Å². The average molecular weight is 365 g/mol. The van der Waals surface area contributed by atoms with E-state index in [9.17, 15) is 19.7 Å². The fraction of sp³-hybridized carbons (Fsp3) is 0.200. The predicted molar refractivity (Wildman–Crippen MR) is 103 cm³/mol. The second kappa shape index (κ2) is 7.41. The Bertz CT molecular complexity index is 1050. The second-order valence-corrected chi connectivity index (χ2v) is 6.54. The highest BCUT2D eigenvalue weighted by Crippen LogP contribution is 2.17. The molecule has 0 radical (unpaired) electrons. The third-order valence-electron chi connectivity index (χ3n) is 4.38. The first-order valence-corrected chi connectivity index (χ1v) is 8.53. The highest BCUT2D eigenvalue weighted by atomic mass is 16.6. The highest BCUT2D eigenvalue weighted by Gasteiger charge is 2.21. The van der Waals surface area contributed by atoms with Crippen molar-refractivity contribution >= 4 is 22.5 Å². The van der Waals surface area contributed by atoms with Gasteiger partial charge in [0.2, 0.25) is 0 Å². The number of hydrogen-bond acceptors (Lipinski definition) is 4. The number of non-ortho nitro benzene ring substituents is 1. The Morgan fingerprint density at radius 3 is 2.44 bits per heavy atom. The van der Waals surface area contributed by atoms with Gasteiger partial charge in [-0.1, -0.05) is 18.2 Å². The number of pyridine rings is 1. The molecule has 0 atom stereocenters. The molecule has 7 nitrogen and oxygen atoms in total. The van der Waals surface area contributed by atoms with Gasteiger partial charge >= 0.3 is 0 Å². The summed E-state index contributed by atoms with van der Waals surface area (Å²) in [6.07, 6.45) is 0. The van der Waals surface area contributed by atoms with Gasteiger partial charge < -0.3 is 9.88 Å². The number of H-pyrrole nitrogens is 1. The molecule has 7 heteroatoms. The minimum Gasteiger partial charge on any atom is -0.332 e. The molecule has 0 saturated heterocycles. The Morgan fingerprint density at radius 1 is 1.15 bits per heavy atom. The van der Waals surface area contributed by atoms with Gasteiger partial charge in [0.1, 0.15) is 0 Å². The summed E-state index contributed by atoms with van der Waals surface area (Å²) >= 11 is 0. The van der Waals surface area contributed by atoms with Crippen molar-refractivity contribution in [2.75, 3.05) is 0 Å². The van der Waals surface area contributed by atoms with Gasteiger partial charge in [0.25, 0.3) is 17.2 Å². The zero-order valence-corrected chi connectivity index (χ0v) is 15.0. The molecule has 0 spiro atoms. The van der Waals surface area contributed by atoms with E-state index < -0.39 is 4.92 Å². The minimum atomic E-state index is -0.511. The molecule has 0 aliphatic heterocycles. The smallest absolute Gasteiger partial charge is 0.269 e. The van der Waals surface area contributed by atoms with E-state index in [4.69, 9.17) is 0 Å². The molecule has 1 N–H and O–H groups in total. The van der Waals surface area contributed by atoms with Crippen LogP contribution in [0.3, 0.4) is 0 Å². The van der Waals surface area contributed by atoms with Crippen LogP contribution in [0, 0.1) is 10.1 Å². The largest absolute Gasteiger partial charge is 0.332 e. The fourth-order valence-electron chi connectivity index (χ4n) is 2.87. The number of amides is 1. The fourth-order valence-corrected chi connectivity index (χ4v) is 2.87. The van der Waals surface area contributed by atoms with Gasteiger partial charge in [-0.05, 0) is 43.5 Å². The van der Waals surface area contributed by atoms with Gasteiger partial charge in [0.05, 0.1) is 11.5 Å². The highest BCUT2D eigenvalue weighted by molar-refractivity contribution is 5.94. The van der Waals surface area contributed by atoms with Gasteiger partial charge in [-0.3, -0.25) is 19.7 Å². The van der Waals surface area contributed by atoms with E-state index in [1.807, 2.05) is 38.1 Å². The number of hydrogen-bond donors (Lipinski definition) is 1. The summed E-state index contributed by atoms with van der Waals surface area (Å²) in [5.74, 6) is -0.285. The second-order valence-electron chi connectivity index (χ2n) is 6.54. The number of nitro groups is 1. The summed E-state index contributed by atoms with van der Waals surface area (Å²) < 4.78 is 0. The van der Waals surface area contributed by atoms with Gasteiger partial charge in [0.15, 0.2) is 0 Å². The first-order chi connectivity index (χ1) is 12.9. The van der Waals surface area contributed by atoms with Gasteiger partial charge in [-0.2, -0.15) is 0 Å². The van der Waals surface area contributed by atoms with Crippen LogP contribution in [-0.2, 0) is 6.54 Å². The third-order valence-corrected chi connectivity index (χ3v) is 4.38. The summed E-state index contributed by atoms with van der Waals surface area (Å²) in [5, 5.41) is 11.7. The maximum atomic E-state index is 12.9. The zero-order chi connectivity index (χ0) is 19.6. The molecule has 0 aliphatic carbocycles. The van der Waals surface area contributed by atoms with Crippen LogP contribution in [0.4, 0.5) is 5.69 Å². The number of aromatic amines is 1. The molecule has 2 aromatic carbocycles. The topological polar surface area (TPSA) is 96.3 Å². The number of benzene rings is 2. The lowest BCUT2D eigenvalue weighted by Crippen LogP contribution is -2.38. The van der Waals surface area contributed by atoms with Crippen LogP contribution in [0.25, 0.3) is 10.9 Å².